The molecule has 0 amide bonds. The van der Waals surface area contributed by atoms with Gasteiger partial charge < -0.3 is 24.8 Å². The fraction of sp³-hybridized carbons (Fsp3) is 1.00. The van der Waals surface area contributed by atoms with Crippen molar-refractivity contribution in [1.82, 2.24) is 0 Å². The number of aliphatic hydroxyl groups is 3. The van der Waals surface area contributed by atoms with Crippen LogP contribution >= 0.6 is 0 Å². The van der Waals surface area contributed by atoms with E-state index in [9.17, 15) is 5.11 Å². The van der Waals surface area contributed by atoms with Crippen LogP contribution in [0.5, 0.6) is 0 Å². The van der Waals surface area contributed by atoms with Gasteiger partial charge in [-0.3, -0.25) is 0 Å². The molecule has 0 aliphatic rings. The van der Waals surface area contributed by atoms with Gasteiger partial charge in [-0.15, -0.1) is 0 Å². The van der Waals surface area contributed by atoms with Crippen LogP contribution in [0.25, 0.3) is 0 Å². The van der Waals surface area contributed by atoms with Gasteiger partial charge in [0.05, 0.1) is 38.6 Å². The molecule has 0 aromatic rings. The molecule has 0 spiro atoms. The highest BCUT2D eigenvalue weighted by Gasteiger charge is 2.06. The van der Waals surface area contributed by atoms with Crippen molar-refractivity contribution in [3.05, 3.63) is 0 Å². The molecular formula is C9H20O5. The Bertz CT molecular complexity index is 112. The summed E-state index contributed by atoms with van der Waals surface area (Å²) >= 11 is 0. The molecule has 2 atom stereocenters. The minimum atomic E-state index is -0.715. The van der Waals surface area contributed by atoms with Gasteiger partial charge in [0.2, 0.25) is 0 Å². The van der Waals surface area contributed by atoms with Crippen LogP contribution < -0.4 is 0 Å². The SMILES string of the molecule is CC(O)COCC(O)COCC(C)O. The Balaban J connectivity index is 3.23. The zero-order valence-corrected chi connectivity index (χ0v) is 8.72. The van der Waals surface area contributed by atoms with Crippen LogP contribution in [0.3, 0.4) is 0 Å². The molecule has 0 aromatic heterocycles. The molecule has 0 fully saturated rings. The third kappa shape index (κ3) is 9.88. The first-order chi connectivity index (χ1) is 6.52. The Morgan fingerprint density at radius 2 is 1.14 bits per heavy atom. The molecule has 86 valence electrons. The van der Waals surface area contributed by atoms with Crippen LogP contribution in [0.4, 0.5) is 0 Å². The van der Waals surface area contributed by atoms with E-state index in [-0.39, 0.29) is 26.4 Å². The number of hydrogen-bond acceptors (Lipinski definition) is 5. The van der Waals surface area contributed by atoms with Crippen LogP contribution in [-0.2, 0) is 9.47 Å². The first kappa shape index (κ1) is 13.8. The first-order valence-corrected chi connectivity index (χ1v) is 4.72. The summed E-state index contributed by atoms with van der Waals surface area (Å²) in [5.41, 5.74) is 0. The molecule has 0 saturated heterocycles. The Kier molecular flexibility index (Phi) is 8.02. The van der Waals surface area contributed by atoms with Crippen LogP contribution in [0.2, 0.25) is 0 Å². The van der Waals surface area contributed by atoms with Crippen LogP contribution in [0, 0.1) is 0 Å². The Hall–Kier alpha value is -0.200. The zero-order valence-electron chi connectivity index (χ0n) is 8.72. The highest BCUT2D eigenvalue weighted by atomic mass is 16.5. The van der Waals surface area contributed by atoms with Gasteiger partial charge in [-0.25, -0.2) is 0 Å². The van der Waals surface area contributed by atoms with Gasteiger partial charge in [0.1, 0.15) is 6.10 Å². The fourth-order valence-electron chi connectivity index (χ4n) is 0.797. The maximum atomic E-state index is 9.26. The molecule has 0 heterocycles. The van der Waals surface area contributed by atoms with Crippen molar-refractivity contribution in [1.29, 1.82) is 0 Å². The molecule has 0 bridgehead atoms. The maximum Gasteiger partial charge on any atom is 0.101 e. The van der Waals surface area contributed by atoms with Crippen molar-refractivity contribution in [2.45, 2.75) is 32.2 Å². The van der Waals surface area contributed by atoms with Crippen LogP contribution in [0.1, 0.15) is 13.8 Å². The van der Waals surface area contributed by atoms with Crippen molar-refractivity contribution in [3.63, 3.8) is 0 Å². The van der Waals surface area contributed by atoms with Gasteiger partial charge in [0.15, 0.2) is 0 Å². The Labute approximate surface area is 84.3 Å². The highest BCUT2D eigenvalue weighted by Crippen LogP contribution is 1.91. The van der Waals surface area contributed by atoms with Gasteiger partial charge in [-0.05, 0) is 13.8 Å². The lowest BCUT2D eigenvalue weighted by Gasteiger charge is -2.13. The van der Waals surface area contributed by atoms with Gasteiger partial charge in [0, 0.05) is 0 Å². The average molecular weight is 208 g/mol. The second-order valence-electron chi connectivity index (χ2n) is 3.43. The standard InChI is InChI=1S/C9H20O5/c1-7(10)3-13-5-9(12)6-14-4-8(2)11/h7-12H,3-6H2,1-2H3. The molecular weight excluding hydrogens is 188 g/mol. The maximum absolute atomic E-state index is 9.26. The lowest BCUT2D eigenvalue weighted by Crippen LogP contribution is -2.25. The number of ether oxygens (including phenoxy) is 2. The topological polar surface area (TPSA) is 79.2 Å². The number of rotatable bonds is 8. The van der Waals surface area contributed by atoms with Crippen molar-refractivity contribution in [2.24, 2.45) is 0 Å². The summed E-state index contributed by atoms with van der Waals surface area (Å²) in [6.07, 6.45) is -1.77. The van der Waals surface area contributed by atoms with Gasteiger partial charge in [-0.2, -0.15) is 0 Å². The van der Waals surface area contributed by atoms with E-state index in [1.165, 1.54) is 0 Å². The molecule has 0 radical (unpaired) electrons. The van der Waals surface area contributed by atoms with Crippen molar-refractivity contribution < 1.29 is 24.8 Å². The van der Waals surface area contributed by atoms with Crippen molar-refractivity contribution in [3.8, 4) is 0 Å². The molecule has 0 aliphatic carbocycles. The fourth-order valence-corrected chi connectivity index (χ4v) is 0.797. The summed E-state index contributed by atoms with van der Waals surface area (Å²) in [7, 11) is 0. The molecule has 0 rings (SSSR count). The predicted molar refractivity (Wildman–Crippen MR) is 51.0 cm³/mol. The average Bonchev–Trinajstić information content (AvgIpc) is 2.02. The third-order valence-electron chi connectivity index (χ3n) is 1.34. The van der Waals surface area contributed by atoms with E-state index in [2.05, 4.69) is 0 Å². The summed E-state index contributed by atoms with van der Waals surface area (Å²) in [6, 6.07) is 0. The van der Waals surface area contributed by atoms with E-state index in [1.54, 1.807) is 13.8 Å². The normalized spacial score (nSPS) is 17.8. The Morgan fingerprint density at radius 3 is 1.43 bits per heavy atom. The summed E-state index contributed by atoms with van der Waals surface area (Å²) in [5, 5.41) is 26.9. The predicted octanol–water partition coefficient (Wildman–Crippen LogP) is -0.858. The summed E-state index contributed by atoms with van der Waals surface area (Å²) < 4.78 is 9.94. The quantitative estimate of drug-likeness (QED) is 0.484. The second-order valence-corrected chi connectivity index (χ2v) is 3.43. The summed E-state index contributed by atoms with van der Waals surface area (Å²) in [5.74, 6) is 0. The molecule has 14 heavy (non-hydrogen) atoms. The van der Waals surface area contributed by atoms with Gasteiger partial charge in [0.25, 0.3) is 0 Å². The van der Waals surface area contributed by atoms with E-state index in [4.69, 9.17) is 19.7 Å². The van der Waals surface area contributed by atoms with E-state index < -0.39 is 18.3 Å². The number of aliphatic hydroxyl groups excluding tert-OH is 3. The number of hydrogen-bond donors (Lipinski definition) is 3. The van der Waals surface area contributed by atoms with Crippen molar-refractivity contribution >= 4 is 0 Å². The lowest BCUT2D eigenvalue weighted by atomic mass is 10.4. The Morgan fingerprint density at radius 1 is 0.786 bits per heavy atom. The third-order valence-corrected chi connectivity index (χ3v) is 1.34. The molecule has 0 aromatic carbocycles. The van der Waals surface area contributed by atoms with Gasteiger partial charge >= 0.3 is 0 Å². The van der Waals surface area contributed by atoms with E-state index in [0.29, 0.717) is 0 Å². The van der Waals surface area contributed by atoms with Crippen LogP contribution in [0.15, 0.2) is 0 Å². The van der Waals surface area contributed by atoms with Crippen molar-refractivity contribution in [2.75, 3.05) is 26.4 Å². The van der Waals surface area contributed by atoms with Crippen LogP contribution in [-0.4, -0.2) is 60.1 Å². The lowest BCUT2D eigenvalue weighted by molar-refractivity contribution is -0.0482. The van der Waals surface area contributed by atoms with Gasteiger partial charge in [-0.1, -0.05) is 0 Å². The largest absolute Gasteiger partial charge is 0.391 e. The second kappa shape index (κ2) is 8.14. The molecule has 5 nitrogen and oxygen atoms in total. The first-order valence-electron chi connectivity index (χ1n) is 4.72. The molecule has 3 N–H and O–H groups in total. The minimum Gasteiger partial charge on any atom is -0.391 e. The minimum absolute atomic E-state index is 0.130. The van der Waals surface area contributed by atoms with E-state index in [0.717, 1.165) is 0 Å². The molecule has 5 heteroatoms. The zero-order chi connectivity index (χ0) is 11.0. The van der Waals surface area contributed by atoms with E-state index in [1.807, 2.05) is 0 Å². The van der Waals surface area contributed by atoms with E-state index >= 15 is 0 Å². The molecule has 0 saturated carbocycles. The highest BCUT2D eigenvalue weighted by molar-refractivity contribution is 4.53. The molecule has 0 aliphatic heterocycles. The summed E-state index contributed by atoms with van der Waals surface area (Å²) in [4.78, 5) is 0. The molecule has 2 unspecified atom stereocenters. The monoisotopic (exact) mass is 208 g/mol. The smallest absolute Gasteiger partial charge is 0.101 e. The summed E-state index contributed by atoms with van der Waals surface area (Å²) in [6.45, 7) is 3.88.